The van der Waals surface area contributed by atoms with E-state index in [0.29, 0.717) is 11.5 Å². The number of benzene rings is 2. The maximum Gasteiger partial charge on any atom is 0.265 e. The average molecular weight is 339 g/mol. The van der Waals surface area contributed by atoms with Gasteiger partial charge < -0.3 is 14.8 Å². The summed E-state index contributed by atoms with van der Waals surface area (Å²) >= 11 is 0. The van der Waals surface area contributed by atoms with E-state index in [2.05, 4.69) is 50.4 Å². The largest absolute Gasteiger partial charge is 0.485 e. The molecule has 0 spiro atoms. The van der Waals surface area contributed by atoms with Crippen molar-refractivity contribution >= 4 is 5.91 Å². The SMILES string of the molecule is C[C@H](NC(=O)[C@H]1COc2ccccc2O1)c1ccc(C(C)(C)C)cc1. The second-order valence-corrected chi connectivity index (χ2v) is 7.47. The molecule has 132 valence electrons. The molecule has 0 aromatic heterocycles. The number of rotatable bonds is 3. The summed E-state index contributed by atoms with van der Waals surface area (Å²) in [6.07, 6.45) is -0.633. The zero-order valence-electron chi connectivity index (χ0n) is 15.2. The molecule has 2 aromatic carbocycles. The van der Waals surface area contributed by atoms with E-state index in [0.717, 1.165) is 5.56 Å². The zero-order chi connectivity index (χ0) is 18.0. The van der Waals surface area contributed by atoms with Crippen LogP contribution in [0.3, 0.4) is 0 Å². The van der Waals surface area contributed by atoms with Gasteiger partial charge in [-0.2, -0.15) is 0 Å². The quantitative estimate of drug-likeness (QED) is 0.919. The van der Waals surface area contributed by atoms with Gasteiger partial charge in [-0.05, 0) is 35.6 Å². The monoisotopic (exact) mass is 339 g/mol. The highest BCUT2D eigenvalue weighted by atomic mass is 16.6. The number of carbonyl (C=O) groups excluding carboxylic acids is 1. The van der Waals surface area contributed by atoms with E-state index < -0.39 is 6.10 Å². The summed E-state index contributed by atoms with van der Waals surface area (Å²) in [5.74, 6) is 1.12. The van der Waals surface area contributed by atoms with E-state index in [1.165, 1.54) is 5.56 Å². The van der Waals surface area contributed by atoms with Crippen molar-refractivity contribution in [1.29, 1.82) is 0 Å². The molecular weight excluding hydrogens is 314 g/mol. The lowest BCUT2D eigenvalue weighted by Gasteiger charge is -2.27. The third kappa shape index (κ3) is 3.95. The van der Waals surface area contributed by atoms with Crippen LogP contribution in [0, 0.1) is 0 Å². The molecule has 1 aliphatic rings. The highest BCUT2D eigenvalue weighted by Crippen LogP contribution is 2.31. The zero-order valence-corrected chi connectivity index (χ0v) is 15.2. The molecule has 2 aromatic rings. The molecule has 4 heteroatoms. The van der Waals surface area contributed by atoms with E-state index in [-0.39, 0.29) is 24.0 Å². The van der Waals surface area contributed by atoms with Gasteiger partial charge in [0, 0.05) is 0 Å². The second kappa shape index (κ2) is 6.79. The first-order chi connectivity index (χ1) is 11.8. The van der Waals surface area contributed by atoms with Gasteiger partial charge in [0.25, 0.3) is 5.91 Å². The van der Waals surface area contributed by atoms with Crippen molar-refractivity contribution < 1.29 is 14.3 Å². The van der Waals surface area contributed by atoms with E-state index in [1.807, 2.05) is 31.2 Å². The molecule has 0 saturated carbocycles. The number of nitrogens with one attached hydrogen (secondary N) is 1. The molecule has 1 heterocycles. The fraction of sp³-hybridized carbons (Fsp3) is 0.381. The third-order valence-corrected chi connectivity index (χ3v) is 4.44. The third-order valence-electron chi connectivity index (χ3n) is 4.44. The van der Waals surface area contributed by atoms with Gasteiger partial charge in [-0.25, -0.2) is 0 Å². The summed E-state index contributed by atoms with van der Waals surface area (Å²) in [5.41, 5.74) is 2.46. The lowest BCUT2D eigenvalue weighted by atomic mass is 9.86. The van der Waals surface area contributed by atoms with Crippen LogP contribution in [0.4, 0.5) is 0 Å². The maximum atomic E-state index is 12.5. The van der Waals surface area contributed by atoms with Crippen LogP contribution in [-0.2, 0) is 10.2 Å². The van der Waals surface area contributed by atoms with Crippen LogP contribution < -0.4 is 14.8 Å². The first-order valence-corrected chi connectivity index (χ1v) is 8.64. The summed E-state index contributed by atoms with van der Waals surface area (Å²) in [4.78, 5) is 12.5. The van der Waals surface area contributed by atoms with Crippen LogP contribution >= 0.6 is 0 Å². The molecule has 0 unspecified atom stereocenters. The van der Waals surface area contributed by atoms with Gasteiger partial charge in [0.2, 0.25) is 6.10 Å². The number of fused-ring (bicyclic) bond motifs is 1. The van der Waals surface area contributed by atoms with Crippen LogP contribution in [0.2, 0.25) is 0 Å². The summed E-state index contributed by atoms with van der Waals surface area (Å²) in [7, 11) is 0. The van der Waals surface area contributed by atoms with E-state index in [1.54, 1.807) is 0 Å². The number of hydrogen-bond donors (Lipinski definition) is 1. The lowest BCUT2D eigenvalue weighted by molar-refractivity contribution is -0.131. The highest BCUT2D eigenvalue weighted by Gasteiger charge is 2.28. The Morgan fingerprint density at radius 1 is 1.08 bits per heavy atom. The normalized spacial score (nSPS) is 17.7. The van der Waals surface area contributed by atoms with Crippen molar-refractivity contribution in [1.82, 2.24) is 5.32 Å². The first kappa shape index (κ1) is 17.3. The Kier molecular flexibility index (Phi) is 4.71. The Morgan fingerprint density at radius 3 is 2.36 bits per heavy atom. The molecule has 1 N–H and O–H groups in total. The number of amides is 1. The van der Waals surface area contributed by atoms with Gasteiger partial charge >= 0.3 is 0 Å². The molecule has 25 heavy (non-hydrogen) atoms. The van der Waals surface area contributed by atoms with Crippen LogP contribution in [0.5, 0.6) is 11.5 Å². The highest BCUT2D eigenvalue weighted by molar-refractivity contribution is 5.82. The van der Waals surface area contributed by atoms with Crippen molar-refractivity contribution in [2.75, 3.05) is 6.61 Å². The van der Waals surface area contributed by atoms with Crippen LogP contribution in [-0.4, -0.2) is 18.6 Å². The molecule has 0 radical (unpaired) electrons. The molecule has 4 nitrogen and oxygen atoms in total. The second-order valence-electron chi connectivity index (χ2n) is 7.47. The van der Waals surface area contributed by atoms with Gasteiger partial charge in [0.15, 0.2) is 11.5 Å². The van der Waals surface area contributed by atoms with Crippen LogP contribution in [0.1, 0.15) is 44.9 Å². The molecule has 0 fully saturated rings. The summed E-state index contributed by atoms with van der Waals surface area (Å²) in [6.45, 7) is 8.75. The first-order valence-electron chi connectivity index (χ1n) is 8.64. The number of para-hydroxylation sites is 2. The van der Waals surface area contributed by atoms with Gasteiger partial charge in [-0.1, -0.05) is 57.2 Å². The molecule has 2 atom stereocenters. The Balaban J connectivity index is 1.63. The van der Waals surface area contributed by atoms with Crippen LogP contribution in [0.25, 0.3) is 0 Å². The minimum atomic E-state index is -0.633. The smallest absolute Gasteiger partial charge is 0.265 e. The number of carbonyl (C=O) groups is 1. The van der Waals surface area contributed by atoms with Crippen molar-refractivity contribution in [3.8, 4) is 11.5 Å². The van der Waals surface area contributed by atoms with Crippen molar-refractivity contribution in [3.63, 3.8) is 0 Å². The topological polar surface area (TPSA) is 47.6 Å². The molecule has 3 rings (SSSR count). The fourth-order valence-electron chi connectivity index (χ4n) is 2.81. The molecule has 0 bridgehead atoms. The minimum absolute atomic E-state index is 0.0951. The average Bonchev–Trinajstić information content (AvgIpc) is 2.60. The Morgan fingerprint density at radius 2 is 1.72 bits per heavy atom. The van der Waals surface area contributed by atoms with Gasteiger partial charge in [0.05, 0.1) is 6.04 Å². The van der Waals surface area contributed by atoms with Gasteiger partial charge in [-0.15, -0.1) is 0 Å². The van der Waals surface area contributed by atoms with Crippen LogP contribution in [0.15, 0.2) is 48.5 Å². The molecule has 1 aliphatic heterocycles. The molecular formula is C21H25NO3. The Hall–Kier alpha value is -2.49. The van der Waals surface area contributed by atoms with Crippen molar-refractivity contribution in [3.05, 3.63) is 59.7 Å². The minimum Gasteiger partial charge on any atom is -0.485 e. The van der Waals surface area contributed by atoms with Crippen molar-refractivity contribution in [2.24, 2.45) is 0 Å². The fourth-order valence-corrected chi connectivity index (χ4v) is 2.81. The standard InChI is InChI=1S/C21H25NO3/c1-14(15-9-11-16(12-10-15)21(2,3)4)22-20(23)19-13-24-17-7-5-6-8-18(17)25-19/h5-12,14,19H,13H2,1-4H3,(H,22,23)/t14-,19+/m0/s1. The van der Waals surface area contributed by atoms with Gasteiger partial charge in [-0.3, -0.25) is 4.79 Å². The van der Waals surface area contributed by atoms with E-state index >= 15 is 0 Å². The molecule has 1 amide bonds. The Labute approximate surface area is 149 Å². The van der Waals surface area contributed by atoms with Gasteiger partial charge in [0.1, 0.15) is 6.61 Å². The maximum absolute atomic E-state index is 12.5. The predicted molar refractivity (Wildman–Crippen MR) is 98.1 cm³/mol. The summed E-state index contributed by atoms with van der Waals surface area (Å²) in [5, 5.41) is 3.01. The van der Waals surface area contributed by atoms with Crippen molar-refractivity contribution in [2.45, 2.75) is 45.3 Å². The molecule has 0 saturated heterocycles. The summed E-state index contributed by atoms with van der Waals surface area (Å²) < 4.78 is 11.4. The van der Waals surface area contributed by atoms with E-state index in [9.17, 15) is 4.79 Å². The number of hydrogen-bond acceptors (Lipinski definition) is 3. The Bertz CT molecular complexity index is 746. The summed E-state index contributed by atoms with van der Waals surface area (Å²) in [6, 6.07) is 15.7. The number of ether oxygens (including phenoxy) is 2. The predicted octanol–water partition coefficient (Wildman–Crippen LogP) is 4.00. The van der Waals surface area contributed by atoms with E-state index in [4.69, 9.17) is 9.47 Å². The lowest BCUT2D eigenvalue weighted by Crippen LogP contribution is -2.44. The molecule has 0 aliphatic carbocycles.